The summed E-state index contributed by atoms with van der Waals surface area (Å²) in [6.45, 7) is 4.50. The van der Waals surface area contributed by atoms with E-state index in [1.165, 1.54) is 29.8 Å². The first-order chi connectivity index (χ1) is 11.1. The molecule has 0 heterocycles. The highest BCUT2D eigenvalue weighted by molar-refractivity contribution is 5.81. The van der Waals surface area contributed by atoms with E-state index in [4.69, 9.17) is 4.74 Å². The van der Waals surface area contributed by atoms with Gasteiger partial charge < -0.3 is 10.1 Å². The molecule has 0 aliphatic heterocycles. The van der Waals surface area contributed by atoms with Crippen LogP contribution in [-0.2, 0) is 4.79 Å². The number of rotatable bonds is 7. The van der Waals surface area contributed by atoms with Gasteiger partial charge in [-0.05, 0) is 42.2 Å². The van der Waals surface area contributed by atoms with Crippen LogP contribution in [0.25, 0.3) is 0 Å². The second-order valence-electron chi connectivity index (χ2n) is 5.53. The second-order valence-corrected chi connectivity index (χ2v) is 5.53. The molecule has 3 nitrogen and oxygen atoms in total. The van der Waals surface area contributed by atoms with Crippen molar-refractivity contribution in [1.82, 2.24) is 5.32 Å². The van der Waals surface area contributed by atoms with Crippen molar-refractivity contribution in [1.29, 1.82) is 0 Å². The molecule has 0 aromatic heterocycles. The molecule has 0 spiro atoms. The van der Waals surface area contributed by atoms with Crippen molar-refractivity contribution in [3.05, 3.63) is 66.0 Å². The first kappa shape index (κ1) is 17.0. The summed E-state index contributed by atoms with van der Waals surface area (Å²) in [6.07, 6.45) is -0.0356. The third-order valence-corrected chi connectivity index (χ3v) is 3.71. The van der Waals surface area contributed by atoms with Gasteiger partial charge in [0.25, 0.3) is 5.91 Å². The van der Waals surface area contributed by atoms with Crippen LogP contribution in [-0.4, -0.2) is 18.6 Å². The smallest absolute Gasteiger partial charge is 0.261 e. The van der Waals surface area contributed by atoms with Crippen LogP contribution in [0.4, 0.5) is 4.39 Å². The Morgan fingerprint density at radius 1 is 1.13 bits per heavy atom. The monoisotopic (exact) mass is 315 g/mol. The minimum Gasteiger partial charge on any atom is -0.481 e. The summed E-state index contributed by atoms with van der Waals surface area (Å²) in [5, 5.41) is 2.93. The number of benzene rings is 2. The normalized spacial score (nSPS) is 13.2. The van der Waals surface area contributed by atoms with Crippen molar-refractivity contribution in [3.8, 4) is 5.75 Å². The Kier molecular flexibility index (Phi) is 6.15. The van der Waals surface area contributed by atoms with Gasteiger partial charge in [0.15, 0.2) is 6.10 Å². The maximum atomic E-state index is 12.9. The van der Waals surface area contributed by atoms with E-state index in [1.54, 1.807) is 0 Å². The second kappa shape index (κ2) is 8.32. The van der Waals surface area contributed by atoms with Crippen LogP contribution in [0.2, 0.25) is 0 Å². The first-order valence-corrected chi connectivity index (χ1v) is 7.85. The lowest BCUT2D eigenvalue weighted by molar-refractivity contribution is -0.128. The predicted molar refractivity (Wildman–Crippen MR) is 89.0 cm³/mol. The lowest BCUT2D eigenvalue weighted by atomic mass is 10.0. The minimum atomic E-state index is -0.580. The van der Waals surface area contributed by atoms with Crippen LogP contribution in [0.1, 0.15) is 31.7 Å². The number of ether oxygens (including phenoxy) is 1. The van der Waals surface area contributed by atoms with Crippen LogP contribution in [0.5, 0.6) is 5.75 Å². The summed E-state index contributed by atoms with van der Waals surface area (Å²) < 4.78 is 18.5. The molecular formula is C19H22FNO2. The van der Waals surface area contributed by atoms with Crippen molar-refractivity contribution >= 4 is 5.91 Å². The Labute approximate surface area is 136 Å². The largest absolute Gasteiger partial charge is 0.481 e. The summed E-state index contributed by atoms with van der Waals surface area (Å²) >= 11 is 0. The van der Waals surface area contributed by atoms with E-state index in [0.717, 1.165) is 0 Å². The molecule has 0 fully saturated rings. The Hall–Kier alpha value is -2.36. The molecule has 2 aromatic carbocycles. The van der Waals surface area contributed by atoms with E-state index in [0.29, 0.717) is 18.7 Å². The van der Waals surface area contributed by atoms with Crippen LogP contribution in [0, 0.1) is 5.82 Å². The summed E-state index contributed by atoms with van der Waals surface area (Å²) in [5.74, 6) is 0.235. The van der Waals surface area contributed by atoms with Gasteiger partial charge in [0.1, 0.15) is 11.6 Å². The molecule has 1 amide bonds. The third kappa shape index (κ3) is 5.09. The molecule has 0 saturated carbocycles. The van der Waals surface area contributed by atoms with Crippen LogP contribution >= 0.6 is 0 Å². The van der Waals surface area contributed by atoms with E-state index >= 15 is 0 Å². The van der Waals surface area contributed by atoms with Crippen LogP contribution < -0.4 is 10.1 Å². The molecule has 0 saturated heterocycles. The Balaban J connectivity index is 1.88. The Bertz CT molecular complexity index is 613. The zero-order valence-corrected chi connectivity index (χ0v) is 13.5. The Morgan fingerprint density at radius 3 is 2.39 bits per heavy atom. The third-order valence-electron chi connectivity index (χ3n) is 3.71. The number of halogens is 1. The van der Waals surface area contributed by atoms with Crippen LogP contribution in [0.15, 0.2) is 54.6 Å². The quantitative estimate of drug-likeness (QED) is 0.841. The molecule has 0 aliphatic rings. The maximum absolute atomic E-state index is 12.9. The predicted octanol–water partition coefficient (Wildman–Crippen LogP) is 3.90. The van der Waals surface area contributed by atoms with Crippen LogP contribution in [0.3, 0.4) is 0 Å². The fourth-order valence-corrected chi connectivity index (χ4v) is 2.27. The molecule has 23 heavy (non-hydrogen) atoms. The van der Waals surface area contributed by atoms with E-state index < -0.39 is 6.10 Å². The highest BCUT2D eigenvalue weighted by atomic mass is 19.1. The number of amides is 1. The average molecular weight is 315 g/mol. The minimum absolute atomic E-state index is 0.153. The fourth-order valence-electron chi connectivity index (χ4n) is 2.27. The summed E-state index contributed by atoms with van der Waals surface area (Å²) in [4.78, 5) is 12.3. The molecule has 1 N–H and O–H groups in total. The van der Waals surface area contributed by atoms with Gasteiger partial charge in [0.05, 0.1) is 0 Å². The summed E-state index contributed by atoms with van der Waals surface area (Å²) in [6, 6.07) is 15.7. The molecule has 0 aliphatic carbocycles. The van der Waals surface area contributed by atoms with E-state index in [1.807, 2.05) is 37.3 Å². The average Bonchev–Trinajstić information content (AvgIpc) is 2.59. The van der Waals surface area contributed by atoms with Gasteiger partial charge in [0.2, 0.25) is 0 Å². The summed E-state index contributed by atoms with van der Waals surface area (Å²) in [7, 11) is 0. The topological polar surface area (TPSA) is 38.3 Å². The standard InChI is InChI=1S/C19H22FNO2/c1-3-18(23-17-11-9-16(20)10-12-17)19(22)21-13-14(2)15-7-5-4-6-8-15/h4-12,14,18H,3,13H2,1-2H3,(H,21,22). The lowest BCUT2D eigenvalue weighted by Crippen LogP contribution is -2.39. The van der Waals surface area contributed by atoms with E-state index in [2.05, 4.69) is 12.2 Å². The molecule has 2 unspecified atom stereocenters. The zero-order valence-electron chi connectivity index (χ0n) is 13.5. The molecular weight excluding hydrogens is 293 g/mol. The van der Waals surface area contributed by atoms with Crippen molar-refractivity contribution in [2.45, 2.75) is 32.3 Å². The molecule has 4 heteroatoms. The lowest BCUT2D eigenvalue weighted by Gasteiger charge is -2.19. The highest BCUT2D eigenvalue weighted by Crippen LogP contribution is 2.16. The SMILES string of the molecule is CCC(Oc1ccc(F)cc1)C(=O)NCC(C)c1ccccc1. The van der Waals surface area contributed by atoms with Crippen molar-refractivity contribution in [3.63, 3.8) is 0 Å². The number of nitrogens with one attached hydrogen (secondary N) is 1. The maximum Gasteiger partial charge on any atom is 0.261 e. The van der Waals surface area contributed by atoms with Gasteiger partial charge in [-0.2, -0.15) is 0 Å². The zero-order chi connectivity index (χ0) is 16.7. The van der Waals surface area contributed by atoms with Gasteiger partial charge in [0, 0.05) is 6.54 Å². The van der Waals surface area contributed by atoms with E-state index in [9.17, 15) is 9.18 Å². The Morgan fingerprint density at radius 2 is 1.78 bits per heavy atom. The number of hydrogen-bond donors (Lipinski definition) is 1. The van der Waals surface area contributed by atoms with Gasteiger partial charge in [-0.25, -0.2) is 4.39 Å². The fraction of sp³-hybridized carbons (Fsp3) is 0.316. The molecule has 122 valence electrons. The van der Waals surface area contributed by atoms with Gasteiger partial charge >= 0.3 is 0 Å². The van der Waals surface area contributed by atoms with Crippen molar-refractivity contribution in [2.75, 3.05) is 6.54 Å². The number of carbonyl (C=O) groups excluding carboxylic acids is 1. The van der Waals surface area contributed by atoms with E-state index in [-0.39, 0.29) is 17.6 Å². The molecule has 0 bridgehead atoms. The molecule has 0 radical (unpaired) electrons. The van der Waals surface area contributed by atoms with Gasteiger partial charge in [-0.3, -0.25) is 4.79 Å². The number of hydrogen-bond acceptors (Lipinski definition) is 2. The first-order valence-electron chi connectivity index (χ1n) is 7.85. The highest BCUT2D eigenvalue weighted by Gasteiger charge is 2.19. The molecule has 2 rings (SSSR count). The number of carbonyl (C=O) groups is 1. The van der Waals surface area contributed by atoms with Crippen molar-refractivity contribution < 1.29 is 13.9 Å². The van der Waals surface area contributed by atoms with Crippen molar-refractivity contribution in [2.24, 2.45) is 0 Å². The molecule has 2 aromatic rings. The van der Waals surface area contributed by atoms with Gasteiger partial charge in [-0.1, -0.05) is 44.2 Å². The summed E-state index contributed by atoms with van der Waals surface area (Å²) in [5.41, 5.74) is 1.18. The molecule has 2 atom stereocenters. The van der Waals surface area contributed by atoms with Gasteiger partial charge in [-0.15, -0.1) is 0 Å².